The van der Waals surface area contributed by atoms with E-state index in [2.05, 4.69) is 6.92 Å². The van der Waals surface area contributed by atoms with E-state index in [-0.39, 0.29) is 12.3 Å². The molecule has 1 aromatic carbocycles. The Morgan fingerprint density at radius 3 is 2.53 bits per heavy atom. The molecular formula is C12H17NO2. The van der Waals surface area contributed by atoms with E-state index in [1.54, 1.807) is 0 Å². The number of hydrogen-bond donors (Lipinski definition) is 1. The molecule has 0 radical (unpaired) electrons. The second kappa shape index (κ2) is 6.06. The van der Waals surface area contributed by atoms with Gasteiger partial charge in [0.05, 0.1) is 13.0 Å². The van der Waals surface area contributed by atoms with Crippen molar-refractivity contribution in [2.75, 3.05) is 6.61 Å². The van der Waals surface area contributed by atoms with Crippen molar-refractivity contribution in [2.45, 2.75) is 26.2 Å². The number of benzene rings is 1. The number of rotatable bonds is 6. The molecule has 0 spiro atoms. The lowest BCUT2D eigenvalue weighted by molar-refractivity contribution is -0.118. The number of carbonyl (C=O) groups is 1. The first-order valence-corrected chi connectivity index (χ1v) is 5.22. The molecule has 0 fully saturated rings. The molecular weight excluding hydrogens is 190 g/mol. The van der Waals surface area contributed by atoms with Crippen LogP contribution in [-0.2, 0) is 11.2 Å². The van der Waals surface area contributed by atoms with Gasteiger partial charge in [-0.25, -0.2) is 0 Å². The van der Waals surface area contributed by atoms with Crippen LogP contribution in [-0.4, -0.2) is 12.5 Å². The largest absolute Gasteiger partial charge is 0.493 e. The van der Waals surface area contributed by atoms with Gasteiger partial charge in [0.2, 0.25) is 5.91 Å². The third kappa shape index (κ3) is 4.49. The van der Waals surface area contributed by atoms with E-state index >= 15 is 0 Å². The molecule has 3 heteroatoms. The first-order chi connectivity index (χ1) is 7.22. The van der Waals surface area contributed by atoms with Crippen molar-refractivity contribution in [3.05, 3.63) is 29.8 Å². The molecule has 0 unspecified atom stereocenters. The average molecular weight is 207 g/mol. The molecule has 0 bridgehead atoms. The first-order valence-electron chi connectivity index (χ1n) is 5.22. The van der Waals surface area contributed by atoms with E-state index in [0.717, 1.165) is 18.6 Å². The van der Waals surface area contributed by atoms with Gasteiger partial charge in [0.25, 0.3) is 0 Å². The summed E-state index contributed by atoms with van der Waals surface area (Å²) < 4.78 is 5.35. The van der Waals surface area contributed by atoms with E-state index in [9.17, 15) is 4.79 Å². The fraction of sp³-hybridized carbons (Fsp3) is 0.417. The number of hydrogen-bond acceptors (Lipinski definition) is 2. The van der Waals surface area contributed by atoms with Crippen LogP contribution in [0.15, 0.2) is 24.3 Å². The zero-order valence-electron chi connectivity index (χ0n) is 9.03. The highest BCUT2D eigenvalue weighted by Gasteiger charge is 1.97. The van der Waals surface area contributed by atoms with Crippen LogP contribution in [0.5, 0.6) is 5.75 Å². The maximum absolute atomic E-state index is 10.5. The van der Waals surface area contributed by atoms with Crippen molar-refractivity contribution in [3.8, 4) is 5.75 Å². The molecule has 1 amide bonds. The lowest BCUT2D eigenvalue weighted by Crippen LogP contribution is -2.14. The Morgan fingerprint density at radius 1 is 1.33 bits per heavy atom. The highest BCUT2D eigenvalue weighted by Crippen LogP contribution is 2.13. The zero-order chi connectivity index (χ0) is 11.1. The summed E-state index contributed by atoms with van der Waals surface area (Å²) in [5, 5.41) is 0. The quantitative estimate of drug-likeness (QED) is 0.774. The fourth-order valence-corrected chi connectivity index (χ4v) is 1.31. The van der Waals surface area contributed by atoms with E-state index in [0.29, 0.717) is 6.61 Å². The van der Waals surface area contributed by atoms with Crippen LogP contribution in [0, 0.1) is 0 Å². The van der Waals surface area contributed by atoms with Gasteiger partial charge in [0.15, 0.2) is 0 Å². The summed E-state index contributed by atoms with van der Waals surface area (Å²) in [6, 6.07) is 7.93. The van der Waals surface area contributed by atoms with Crippen LogP contribution >= 0.6 is 0 Å². The van der Waals surface area contributed by atoms with Crippen molar-refractivity contribution in [1.29, 1.82) is 0 Å². The van der Waals surface area contributed by atoms with Crippen LogP contribution in [0.25, 0.3) is 0 Å². The van der Waals surface area contributed by atoms with E-state index in [4.69, 9.17) is 10.5 Å². The van der Waals surface area contributed by atoms with Gasteiger partial charge in [0.1, 0.15) is 5.75 Å². The Hall–Kier alpha value is -1.51. The minimum Gasteiger partial charge on any atom is -0.493 e. The third-order valence-corrected chi connectivity index (χ3v) is 2.08. The van der Waals surface area contributed by atoms with Gasteiger partial charge in [-0.1, -0.05) is 25.5 Å². The number of aryl methyl sites for hydroxylation is 1. The van der Waals surface area contributed by atoms with Gasteiger partial charge in [-0.15, -0.1) is 0 Å². The van der Waals surface area contributed by atoms with Gasteiger partial charge in [0, 0.05) is 0 Å². The summed E-state index contributed by atoms with van der Waals surface area (Å²) in [5.74, 6) is 0.453. The maximum Gasteiger partial charge on any atom is 0.220 e. The first kappa shape index (κ1) is 11.6. The summed E-state index contributed by atoms with van der Waals surface area (Å²) in [7, 11) is 0. The van der Waals surface area contributed by atoms with Gasteiger partial charge in [-0.05, 0) is 24.1 Å². The van der Waals surface area contributed by atoms with Crippen LogP contribution < -0.4 is 10.5 Å². The Morgan fingerprint density at radius 2 is 2.00 bits per heavy atom. The van der Waals surface area contributed by atoms with Crippen molar-refractivity contribution < 1.29 is 9.53 Å². The monoisotopic (exact) mass is 207 g/mol. The molecule has 15 heavy (non-hydrogen) atoms. The van der Waals surface area contributed by atoms with Crippen LogP contribution in [0.2, 0.25) is 0 Å². The Bertz CT molecular complexity index is 306. The molecule has 82 valence electrons. The van der Waals surface area contributed by atoms with E-state index in [1.165, 1.54) is 5.56 Å². The average Bonchev–Trinajstić information content (AvgIpc) is 2.20. The van der Waals surface area contributed by atoms with Crippen molar-refractivity contribution in [3.63, 3.8) is 0 Å². The number of primary amides is 1. The van der Waals surface area contributed by atoms with Crippen molar-refractivity contribution in [1.82, 2.24) is 0 Å². The zero-order valence-corrected chi connectivity index (χ0v) is 9.03. The normalized spacial score (nSPS) is 9.93. The molecule has 0 aliphatic carbocycles. The molecule has 0 saturated heterocycles. The predicted molar refractivity (Wildman–Crippen MR) is 59.7 cm³/mol. The third-order valence-electron chi connectivity index (χ3n) is 2.08. The molecule has 0 aromatic heterocycles. The second-order valence-corrected chi connectivity index (χ2v) is 3.46. The lowest BCUT2D eigenvalue weighted by Gasteiger charge is -2.05. The van der Waals surface area contributed by atoms with Gasteiger partial charge in [-0.2, -0.15) is 0 Å². The molecule has 0 aliphatic heterocycles. The summed E-state index contributed by atoms with van der Waals surface area (Å²) in [5.41, 5.74) is 6.31. The molecule has 1 rings (SSSR count). The number of ether oxygens (including phenoxy) is 1. The van der Waals surface area contributed by atoms with Crippen molar-refractivity contribution >= 4 is 5.91 Å². The predicted octanol–water partition coefficient (Wildman–Crippen LogP) is 1.89. The number of carbonyl (C=O) groups excluding carboxylic acids is 1. The summed E-state index contributed by atoms with van der Waals surface area (Å²) in [6.45, 7) is 2.50. The Balaban J connectivity index is 2.39. The molecule has 0 saturated carbocycles. The molecule has 0 heterocycles. The Labute approximate surface area is 90.2 Å². The molecule has 0 aliphatic rings. The number of nitrogens with two attached hydrogens (primary N) is 1. The lowest BCUT2D eigenvalue weighted by atomic mass is 10.1. The van der Waals surface area contributed by atoms with Gasteiger partial charge in [-0.3, -0.25) is 4.79 Å². The standard InChI is InChI=1S/C12H17NO2/c1-2-3-10-4-6-11(7-5-10)15-9-8-12(13)14/h4-7H,2-3,8-9H2,1H3,(H2,13,14). The van der Waals surface area contributed by atoms with Gasteiger partial charge >= 0.3 is 0 Å². The molecule has 1 aromatic rings. The van der Waals surface area contributed by atoms with E-state index in [1.807, 2.05) is 24.3 Å². The maximum atomic E-state index is 10.5. The second-order valence-electron chi connectivity index (χ2n) is 3.46. The van der Waals surface area contributed by atoms with Crippen LogP contribution in [0.4, 0.5) is 0 Å². The summed E-state index contributed by atoms with van der Waals surface area (Å²) >= 11 is 0. The Kier molecular flexibility index (Phi) is 4.68. The van der Waals surface area contributed by atoms with Crippen LogP contribution in [0.3, 0.4) is 0 Å². The molecule has 0 atom stereocenters. The van der Waals surface area contributed by atoms with Crippen molar-refractivity contribution in [2.24, 2.45) is 5.73 Å². The smallest absolute Gasteiger partial charge is 0.220 e. The SMILES string of the molecule is CCCc1ccc(OCCC(N)=O)cc1. The highest BCUT2D eigenvalue weighted by molar-refractivity contribution is 5.73. The highest BCUT2D eigenvalue weighted by atomic mass is 16.5. The van der Waals surface area contributed by atoms with Crippen LogP contribution in [0.1, 0.15) is 25.3 Å². The van der Waals surface area contributed by atoms with E-state index < -0.39 is 0 Å². The minimum atomic E-state index is -0.336. The molecule has 3 nitrogen and oxygen atoms in total. The molecule has 2 N–H and O–H groups in total. The fourth-order valence-electron chi connectivity index (χ4n) is 1.31. The summed E-state index contributed by atoms with van der Waals surface area (Å²) in [6.07, 6.45) is 2.49. The number of amides is 1. The van der Waals surface area contributed by atoms with Gasteiger partial charge < -0.3 is 10.5 Å². The minimum absolute atomic E-state index is 0.261. The topological polar surface area (TPSA) is 52.3 Å². The summed E-state index contributed by atoms with van der Waals surface area (Å²) in [4.78, 5) is 10.5.